The quantitative estimate of drug-likeness (QED) is 0.699. The molecule has 0 saturated carbocycles. The third-order valence-electron chi connectivity index (χ3n) is 5.22. The van der Waals surface area contributed by atoms with Crippen LogP contribution in [-0.4, -0.2) is 45.3 Å². The minimum atomic E-state index is -0.287. The Bertz CT molecular complexity index is 1110. The van der Waals surface area contributed by atoms with Gasteiger partial charge in [0, 0.05) is 36.6 Å². The highest BCUT2D eigenvalue weighted by Crippen LogP contribution is 2.40. The van der Waals surface area contributed by atoms with Gasteiger partial charge < -0.3 is 4.90 Å². The lowest BCUT2D eigenvalue weighted by Gasteiger charge is -2.35. The number of rotatable bonds is 2. The molecule has 0 aromatic carbocycles. The van der Waals surface area contributed by atoms with Crippen molar-refractivity contribution in [3.8, 4) is 11.3 Å². The Hall–Kier alpha value is -3.26. The smallest absolute Gasteiger partial charge is 0.329 e. The molecule has 29 heavy (non-hydrogen) atoms. The number of urea groups is 1. The van der Waals surface area contributed by atoms with Gasteiger partial charge in [0.25, 0.3) is 0 Å². The summed E-state index contributed by atoms with van der Waals surface area (Å²) in [5, 5.41) is 10.9. The molecule has 0 spiro atoms. The van der Waals surface area contributed by atoms with Crippen LogP contribution in [0, 0.1) is 6.92 Å². The molecule has 5 heterocycles. The first kappa shape index (κ1) is 17.8. The lowest BCUT2D eigenvalue weighted by molar-refractivity contribution is 0.254. The van der Waals surface area contributed by atoms with Crippen molar-refractivity contribution in [2.45, 2.75) is 19.4 Å². The lowest BCUT2D eigenvalue weighted by atomic mass is 10.1. The molecule has 1 N–H and O–H groups in total. The van der Waals surface area contributed by atoms with Gasteiger partial charge in [0.05, 0.1) is 28.6 Å². The first-order valence-electron chi connectivity index (χ1n) is 9.36. The third kappa shape index (κ3) is 3.25. The molecule has 0 radical (unpaired) electrons. The average molecular weight is 408 g/mol. The first-order valence-corrected chi connectivity index (χ1v) is 9.74. The Balaban J connectivity index is 1.53. The molecule has 1 fully saturated rings. The van der Waals surface area contributed by atoms with E-state index in [0.717, 1.165) is 42.1 Å². The molecular formula is C20H18ClN7O. The van der Waals surface area contributed by atoms with Crippen LogP contribution >= 0.6 is 11.6 Å². The summed E-state index contributed by atoms with van der Waals surface area (Å²) in [5.41, 5.74) is 3.65. The molecule has 2 aliphatic rings. The van der Waals surface area contributed by atoms with Crippen molar-refractivity contribution in [2.24, 2.45) is 0 Å². The fourth-order valence-electron chi connectivity index (χ4n) is 3.91. The number of nitrogens with zero attached hydrogens (tertiary/aromatic N) is 6. The minimum Gasteiger partial charge on any atom is -0.366 e. The molecule has 146 valence electrons. The average Bonchev–Trinajstić information content (AvgIpc) is 3.12. The number of fused-ring (bicyclic) bond motifs is 4. The predicted molar refractivity (Wildman–Crippen MR) is 111 cm³/mol. The molecule has 2 bridgehead atoms. The number of aromatic nitrogens is 4. The van der Waals surface area contributed by atoms with E-state index in [9.17, 15) is 4.79 Å². The topological polar surface area (TPSA) is 87.1 Å². The van der Waals surface area contributed by atoms with E-state index < -0.39 is 0 Å². The zero-order chi connectivity index (χ0) is 20.0. The standard InChI is InChI=1S/C20H18ClN7O/c1-12-8-13(4-6-22-12)16-2-3-17-19(24-16)28(15-5-7-27(17)11-15)20(29)25-18-9-14(21)10-23-26-18/h2-4,6,8-10,15H,5,7,11H2,1H3,(H,25,26,29). The molecule has 1 atom stereocenters. The van der Waals surface area contributed by atoms with Gasteiger partial charge in [0.2, 0.25) is 0 Å². The van der Waals surface area contributed by atoms with Gasteiger partial charge in [0.15, 0.2) is 11.6 Å². The van der Waals surface area contributed by atoms with Gasteiger partial charge in [-0.1, -0.05) is 11.6 Å². The van der Waals surface area contributed by atoms with Crippen LogP contribution in [0.4, 0.5) is 22.1 Å². The first-order chi connectivity index (χ1) is 14.1. The van der Waals surface area contributed by atoms with Crippen molar-refractivity contribution in [3.05, 3.63) is 53.4 Å². The Morgan fingerprint density at radius 3 is 3.00 bits per heavy atom. The highest BCUT2D eigenvalue weighted by atomic mass is 35.5. The molecule has 5 rings (SSSR count). The largest absolute Gasteiger partial charge is 0.366 e. The summed E-state index contributed by atoms with van der Waals surface area (Å²) in [6.07, 6.45) is 4.07. The van der Waals surface area contributed by atoms with Crippen molar-refractivity contribution >= 4 is 35.0 Å². The van der Waals surface area contributed by atoms with E-state index >= 15 is 0 Å². The second kappa shape index (κ2) is 6.97. The molecular weight excluding hydrogens is 390 g/mol. The van der Waals surface area contributed by atoms with E-state index in [1.54, 1.807) is 17.2 Å². The summed E-state index contributed by atoms with van der Waals surface area (Å²) in [6.45, 7) is 3.63. The summed E-state index contributed by atoms with van der Waals surface area (Å²) in [6, 6.07) is 9.27. The summed E-state index contributed by atoms with van der Waals surface area (Å²) in [5.74, 6) is 0.962. The van der Waals surface area contributed by atoms with Gasteiger partial charge in [0.1, 0.15) is 0 Å². The van der Waals surface area contributed by atoms with Crippen LogP contribution in [0.25, 0.3) is 11.3 Å². The second-order valence-corrected chi connectivity index (χ2v) is 7.61. The van der Waals surface area contributed by atoms with Gasteiger partial charge >= 0.3 is 6.03 Å². The summed E-state index contributed by atoms with van der Waals surface area (Å²) < 4.78 is 0. The minimum absolute atomic E-state index is 0.0524. The number of pyridine rings is 2. The van der Waals surface area contributed by atoms with Crippen molar-refractivity contribution in [1.82, 2.24) is 20.2 Å². The van der Waals surface area contributed by atoms with Crippen LogP contribution in [-0.2, 0) is 0 Å². The molecule has 8 nitrogen and oxygen atoms in total. The van der Waals surface area contributed by atoms with E-state index in [4.69, 9.17) is 16.6 Å². The van der Waals surface area contributed by atoms with Gasteiger partial charge in [-0.25, -0.2) is 9.78 Å². The maximum absolute atomic E-state index is 13.2. The van der Waals surface area contributed by atoms with Crippen molar-refractivity contribution < 1.29 is 4.79 Å². The van der Waals surface area contributed by atoms with Gasteiger partial charge in [-0.15, -0.1) is 5.10 Å². The van der Waals surface area contributed by atoms with E-state index in [2.05, 4.69) is 25.4 Å². The number of hydrogen-bond donors (Lipinski definition) is 1. The molecule has 1 unspecified atom stereocenters. The summed E-state index contributed by atoms with van der Waals surface area (Å²) in [4.78, 5) is 26.3. The number of amides is 2. The van der Waals surface area contributed by atoms with Crippen LogP contribution in [0.15, 0.2) is 42.7 Å². The molecule has 0 aliphatic carbocycles. The maximum atomic E-state index is 13.2. The normalized spacial score (nSPS) is 17.2. The van der Waals surface area contributed by atoms with Crippen LogP contribution in [0.2, 0.25) is 5.02 Å². The predicted octanol–water partition coefficient (Wildman–Crippen LogP) is 3.53. The number of halogens is 1. The number of aryl methyl sites for hydroxylation is 1. The van der Waals surface area contributed by atoms with E-state index in [0.29, 0.717) is 16.7 Å². The Morgan fingerprint density at radius 2 is 2.17 bits per heavy atom. The number of carbonyl (C=O) groups is 1. The van der Waals surface area contributed by atoms with Gasteiger partial charge in [-0.05, 0) is 37.6 Å². The van der Waals surface area contributed by atoms with Gasteiger partial charge in [-0.2, -0.15) is 5.10 Å². The van der Waals surface area contributed by atoms with E-state index in [1.165, 1.54) is 6.20 Å². The second-order valence-electron chi connectivity index (χ2n) is 7.17. The third-order valence-corrected chi connectivity index (χ3v) is 5.43. The zero-order valence-electron chi connectivity index (χ0n) is 15.7. The van der Waals surface area contributed by atoms with Crippen LogP contribution in [0.5, 0.6) is 0 Å². The lowest BCUT2D eigenvalue weighted by Crippen LogP contribution is -2.48. The Morgan fingerprint density at radius 1 is 1.28 bits per heavy atom. The molecule has 1 saturated heterocycles. The fourth-order valence-corrected chi connectivity index (χ4v) is 4.06. The molecule has 2 aliphatic heterocycles. The highest BCUT2D eigenvalue weighted by Gasteiger charge is 2.40. The number of nitrogens with one attached hydrogen (secondary N) is 1. The van der Waals surface area contributed by atoms with Crippen molar-refractivity contribution in [1.29, 1.82) is 0 Å². The van der Waals surface area contributed by atoms with Gasteiger partial charge in [-0.3, -0.25) is 15.2 Å². The molecule has 3 aromatic heterocycles. The maximum Gasteiger partial charge on any atom is 0.329 e. The molecule has 3 aromatic rings. The fraction of sp³-hybridized carbons (Fsp3) is 0.250. The van der Waals surface area contributed by atoms with E-state index in [1.807, 2.05) is 31.2 Å². The Kier molecular flexibility index (Phi) is 4.28. The number of anilines is 3. The molecule has 2 amide bonds. The highest BCUT2D eigenvalue weighted by molar-refractivity contribution is 6.30. The molecule has 9 heteroatoms. The van der Waals surface area contributed by atoms with Crippen LogP contribution in [0.3, 0.4) is 0 Å². The zero-order valence-corrected chi connectivity index (χ0v) is 16.5. The Labute approximate surface area is 172 Å². The van der Waals surface area contributed by atoms with Crippen LogP contribution in [0.1, 0.15) is 12.1 Å². The van der Waals surface area contributed by atoms with Crippen molar-refractivity contribution in [2.75, 3.05) is 28.2 Å². The number of hydrogen-bond acceptors (Lipinski definition) is 6. The SMILES string of the molecule is Cc1cc(-c2ccc3c(n2)N(C(=O)Nc2cc(Cl)cnn2)C2CCN3C2)ccn1. The van der Waals surface area contributed by atoms with Crippen molar-refractivity contribution in [3.63, 3.8) is 0 Å². The van der Waals surface area contributed by atoms with Crippen LogP contribution < -0.4 is 15.1 Å². The van der Waals surface area contributed by atoms with E-state index in [-0.39, 0.29) is 12.1 Å². The number of carbonyl (C=O) groups excluding carboxylic acids is 1. The summed E-state index contributed by atoms with van der Waals surface area (Å²) >= 11 is 5.97. The summed E-state index contributed by atoms with van der Waals surface area (Å²) in [7, 11) is 0. The monoisotopic (exact) mass is 407 g/mol.